The molecule has 2 heterocycles. The topological polar surface area (TPSA) is 59.3 Å². The monoisotopic (exact) mass is 406 g/mol. The Hall–Kier alpha value is -3.61. The summed E-state index contributed by atoms with van der Waals surface area (Å²) in [5.41, 5.74) is 4.62. The molecule has 0 saturated carbocycles. The number of anilines is 1. The molecule has 30 heavy (non-hydrogen) atoms. The van der Waals surface area contributed by atoms with Gasteiger partial charge in [0, 0.05) is 11.3 Å². The van der Waals surface area contributed by atoms with Crippen LogP contribution in [0.15, 0.2) is 54.7 Å². The number of carbonyl (C=O) groups is 1. The molecule has 1 N–H and O–H groups in total. The Labute approximate surface area is 172 Å². The number of carbonyl (C=O) groups excluding carboxylic acids is 1. The maximum Gasteiger partial charge on any atom is 0.280 e. The molecule has 0 spiro atoms. The third-order valence-electron chi connectivity index (χ3n) is 5.17. The van der Waals surface area contributed by atoms with Gasteiger partial charge in [-0.05, 0) is 44.0 Å². The van der Waals surface area contributed by atoms with Gasteiger partial charge >= 0.3 is 0 Å². The molecule has 5 nitrogen and oxygen atoms in total. The first kappa shape index (κ1) is 19.7. The van der Waals surface area contributed by atoms with Crippen molar-refractivity contribution in [1.82, 2.24) is 14.6 Å². The van der Waals surface area contributed by atoms with Gasteiger partial charge in [-0.3, -0.25) is 4.79 Å². The Kier molecular flexibility index (Phi) is 5.03. The molecule has 4 rings (SSSR count). The predicted molar refractivity (Wildman–Crippen MR) is 112 cm³/mol. The van der Waals surface area contributed by atoms with Crippen LogP contribution in [0.2, 0.25) is 0 Å². The number of benzene rings is 2. The molecule has 1 amide bonds. The largest absolute Gasteiger partial charge is 0.322 e. The molecule has 0 unspecified atom stereocenters. The maximum absolute atomic E-state index is 13.7. The van der Waals surface area contributed by atoms with Crippen molar-refractivity contribution in [2.45, 2.75) is 27.2 Å². The number of fused-ring (bicyclic) bond motifs is 1. The summed E-state index contributed by atoms with van der Waals surface area (Å²) in [6.07, 6.45) is -1.50. The van der Waals surface area contributed by atoms with Crippen molar-refractivity contribution < 1.29 is 13.6 Å². The molecule has 0 bridgehead atoms. The fourth-order valence-electron chi connectivity index (χ4n) is 3.25. The van der Waals surface area contributed by atoms with Gasteiger partial charge in [0.2, 0.25) is 0 Å². The van der Waals surface area contributed by atoms with Gasteiger partial charge in [-0.2, -0.15) is 5.10 Å². The van der Waals surface area contributed by atoms with E-state index in [1.54, 1.807) is 6.07 Å². The summed E-state index contributed by atoms with van der Waals surface area (Å²) >= 11 is 0. The lowest BCUT2D eigenvalue weighted by Gasteiger charge is -2.11. The Balaban J connectivity index is 1.81. The quantitative estimate of drug-likeness (QED) is 0.486. The Morgan fingerprint density at radius 2 is 1.80 bits per heavy atom. The second-order valence-electron chi connectivity index (χ2n) is 7.23. The van der Waals surface area contributed by atoms with E-state index < -0.39 is 12.3 Å². The van der Waals surface area contributed by atoms with Crippen molar-refractivity contribution in [1.29, 1.82) is 0 Å². The fourth-order valence-corrected chi connectivity index (χ4v) is 3.25. The second kappa shape index (κ2) is 7.67. The second-order valence-corrected chi connectivity index (χ2v) is 7.23. The lowest BCUT2D eigenvalue weighted by molar-refractivity contribution is 0.102. The van der Waals surface area contributed by atoms with Gasteiger partial charge in [-0.1, -0.05) is 42.0 Å². The predicted octanol–water partition coefficient (Wildman–Crippen LogP) is 5.51. The van der Waals surface area contributed by atoms with Crippen LogP contribution in [0.25, 0.3) is 16.9 Å². The van der Waals surface area contributed by atoms with Crippen molar-refractivity contribution in [2.24, 2.45) is 0 Å². The van der Waals surface area contributed by atoms with E-state index in [2.05, 4.69) is 15.4 Å². The zero-order valence-corrected chi connectivity index (χ0v) is 16.8. The molecule has 2 aromatic heterocycles. The normalized spacial score (nSPS) is 11.3. The van der Waals surface area contributed by atoms with Crippen molar-refractivity contribution in [3.8, 4) is 11.3 Å². The summed E-state index contributed by atoms with van der Waals surface area (Å²) < 4.78 is 28.5. The minimum atomic E-state index is -2.77. The van der Waals surface area contributed by atoms with Crippen LogP contribution in [-0.2, 0) is 0 Å². The lowest BCUT2D eigenvalue weighted by Crippen LogP contribution is -2.14. The average molecular weight is 406 g/mol. The molecular weight excluding hydrogens is 386 g/mol. The maximum atomic E-state index is 13.7. The third-order valence-corrected chi connectivity index (χ3v) is 5.17. The first-order valence-electron chi connectivity index (χ1n) is 9.46. The molecule has 0 fully saturated rings. The summed E-state index contributed by atoms with van der Waals surface area (Å²) in [6, 6.07) is 14.3. The minimum Gasteiger partial charge on any atom is -0.322 e. The van der Waals surface area contributed by atoms with E-state index in [0.29, 0.717) is 16.9 Å². The summed E-state index contributed by atoms with van der Waals surface area (Å²) in [6.45, 7) is 5.80. The molecule has 0 saturated heterocycles. The van der Waals surface area contributed by atoms with Crippen molar-refractivity contribution in [2.75, 3.05) is 5.32 Å². The van der Waals surface area contributed by atoms with Crippen molar-refractivity contribution in [3.63, 3.8) is 0 Å². The van der Waals surface area contributed by atoms with Crippen LogP contribution in [0.1, 0.15) is 39.2 Å². The number of nitrogens with one attached hydrogen (secondary N) is 1. The number of aryl methyl sites for hydroxylation is 2. The van der Waals surface area contributed by atoms with E-state index >= 15 is 0 Å². The van der Waals surface area contributed by atoms with E-state index in [-0.39, 0.29) is 16.9 Å². The standard InChI is InChI=1S/C23H20F2N4O/c1-13-7-9-16(10-8-13)19-11-20(21(24)25)29-22(27-19)17(12-26-29)23(30)28-18-6-4-5-14(2)15(18)3/h4-12,21H,1-3H3,(H,28,30). The molecule has 2 aromatic carbocycles. The molecule has 152 valence electrons. The molecule has 0 radical (unpaired) electrons. The molecule has 0 aliphatic heterocycles. The first-order valence-corrected chi connectivity index (χ1v) is 9.46. The molecule has 4 aromatic rings. The third kappa shape index (κ3) is 3.54. The number of nitrogens with zero attached hydrogens (tertiary/aromatic N) is 3. The first-order chi connectivity index (χ1) is 14.3. The van der Waals surface area contributed by atoms with Crippen LogP contribution in [0.3, 0.4) is 0 Å². The van der Waals surface area contributed by atoms with Crippen LogP contribution in [0.4, 0.5) is 14.5 Å². The fraction of sp³-hybridized carbons (Fsp3) is 0.174. The highest BCUT2D eigenvalue weighted by atomic mass is 19.3. The van der Waals surface area contributed by atoms with Gasteiger partial charge in [0.05, 0.1) is 11.9 Å². The molecule has 0 atom stereocenters. The highest BCUT2D eigenvalue weighted by molar-refractivity contribution is 6.08. The highest BCUT2D eigenvalue weighted by Crippen LogP contribution is 2.27. The Bertz CT molecular complexity index is 1250. The van der Waals surface area contributed by atoms with E-state index in [1.165, 1.54) is 12.3 Å². The van der Waals surface area contributed by atoms with Gasteiger partial charge in [0.1, 0.15) is 11.3 Å². The Morgan fingerprint density at radius 3 is 2.50 bits per heavy atom. The van der Waals surface area contributed by atoms with Crippen LogP contribution < -0.4 is 5.32 Å². The van der Waals surface area contributed by atoms with Crippen LogP contribution in [0.5, 0.6) is 0 Å². The van der Waals surface area contributed by atoms with Crippen molar-refractivity contribution in [3.05, 3.63) is 82.7 Å². The summed E-state index contributed by atoms with van der Waals surface area (Å²) in [7, 11) is 0. The summed E-state index contributed by atoms with van der Waals surface area (Å²) in [5, 5.41) is 6.85. The van der Waals surface area contributed by atoms with Crippen LogP contribution in [-0.4, -0.2) is 20.5 Å². The van der Waals surface area contributed by atoms with Crippen LogP contribution in [0, 0.1) is 20.8 Å². The number of rotatable bonds is 4. The molecule has 0 aliphatic carbocycles. The van der Waals surface area contributed by atoms with Gasteiger partial charge < -0.3 is 5.32 Å². The minimum absolute atomic E-state index is 0.0891. The average Bonchev–Trinajstić information content (AvgIpc) is 3.15. The zero-order valence-electron chi connectivity index (χ0n) is 16.8. The van der Waals surface area contributed by atoms with Crippen molar-refractivity contribution >= 4 is 17.2 Å². The molecule has 7 heteroatoms. The number of aromatic nitrogens is 3. The van der Waals surface area contributed by atoms with Crippen LogP contribution >= 0.6 is 0 Å². The molecular formula is C23H20F2N4O. The smallest absolute Gasteiger partial charge is 0.280 e. The van der Waals surface area contributed by atoms with Gasteiger partial charge in [0.15, 0.2) is 5.65 Å². The highest BCUT2D eigenvalue weighted by Gasteiger charge is 2.22. The van der Waals surface area contributed by atoms with E-state index in [0.717, 1.165) is 21.2 Å². The number of alkyl halides is 2. The van der Waals surface area contributed by atoms with Gasteiger partial charge in [0.25, 0.3) is 12.3 Å². The number of hydrogen-bond acceptors (Lipinski definition) is 3. The van der Waals surface area contributed by atoms with Gasteiger partial charge in [-0.25, -0.2) is 18.3 Å². The Morgan fingerprint density at radius 1 is 1.07 bits per heavy atom. The van der Waals surface area contributed by atoms with E-state index in [4.69, 9.17) is 0 Å². The zero-order chi connectivity index (χ0) is 21.4. The van der Waals surface area contributed by atoms with E-state index in [1.807, 2.05) is 57.2 Å². The van der Waals surface area contributed by atoms with E-state index in [9.17, 15) is 13.6 Å². The lowest BCUT2D eigenvalue weighted by atomic mass is 10.1. The SMILES string of the molecule is Cc1ccc(-c2cc(C(F)F)n3ncc(C(=O)Nc4cccc(C)c4C)c3n2)cc1. The molecule has 0 aliphatic rings. The van der Waals surface area contributed by atoms with Gasteiger partial charge in [-0.15, -0.1) is 0 Å². The summed E-state index contributed by atoms with van der Waals surface area (Å²) in [5.74, 6) is -0.451. The number of halogens is 2. The number of hydrogen-bond donors (Lipinski definition) is 1. The number of amides is 1. The summed E-state index contributed by atoms with van der Waals surface area (Å²) in [4.78, 5) is 17.4.